The predicted octanol–water partition coefficient (Wildman–Crippen LogP) is 2.09. The predicted molar refractivity (Wildman–Crippen MR) is 75.1 cm³/mol. The van der Waals surface area contributed by atoms with Crippen LogP contribution in [0.5, 0.6) is 0 Å². The molecule has 4 nitrogen and oxygen atoms in total. The summed E-state index contributed by atoms with van der Waals surface area (Å²) in [5.74, 6) is -0.298. The number of nitrogens with one attached hydrogen (secondary N) is 1. The number of benzene rings is 1. The number of ketones is 1. The fraction of sp³-hybridized carbons (Fsp3) is 0.143. The molecule has 0 atom stereocenters. The van der Waals surface area contributed by atoms with E-state index in [9.17, 15) is 9.59 Å². The molecule has 96 valence electrons. The number of carbonyl (C=O) groups excluding carboxylic acids is 2. The maximum atomic E-state index is 11.9. The fourth-order valence-corrected chi connectivity index (χ4v) is 3.22. The zero-order valence-electron chi connectivity index (χ0n) is 10.1. The SMILES string of the molecule is NC(=O)c1ccc2c(c1)NCC1=C(C=CCC1=O)S2. The number of fused-ring (bicyclic) bond motifs is 1. The molecule has 0 saturated carbocycles. The molecule has 1 amide bonds. The van der Waals surface area contributed by atoms with Gasteiger partial charge in [-0.2, -0.15) is 0 Å². The minimum absolute atomic E-state index is 0.153. The van der Waals surface area contributed by atoms with Crippen molar-refractivity contribution in [1.29, 1.82) is 0 Å². The van der Waals surface area contributed by atoms with Gasteiger partial charge in [-0.15, -0.1) is 0 Å². The van der Waals surface area contributed by atoms with Crippen LogP contribution in [0.3, 0.4) is 0 Å². The van der Waals surface area contributed by atoms with Gasteiger partial charge in [0.25, 0.3) is 0 Å². The molecule has 5 heteroatoms. The molecule has 0 unspecified atom stereocenters. The average Bonchev–Trinajstić information content (AvgIpc) is 2.57. The molecule has 0 radical (unpaired) electrons. The summed E-state index contributed by atoms with van der Waals surface area (Å²) >= 11 is 1.54. The Labute approximate surface area is 114 Å². The van der Waals surface area contributed by atoms with Crippen LogP contribution >= 0.6 is 11.8 Å². The molecule has 0 aromatic heterocycles. The summed E-state index contributed by atoms with van der Waals surface area (Å²) in [6.45, 7) is 0.487. The summed E-state index contributed by atoms with van der Waals surface area (Å²) in [7, 11) is 0. The molecule has 1 heterocycles. The molecule has 0 bridgehead atoms. The summed E-state index contributed by atoms with van der Waals surface area (Å²) in [4.78, 5) is 25.0. The molecule has 0 spiro atoms. The van der Waals surface area contributed by atoms with Gasteiger partial charge >= 0.3 is 0 Å². The lowest BCUT2D eigenvalue weighted by atomic mass is 10.0. The molecule has 1 aromatic carbocycles. The van der Waals surface area contributed by atoms with E-state index in [0.717, 1.165) is 21.1 Å². The van der Waals surface area contributed by atoms with Crippen molar-refractivity contribution in [3.8, 4) is 0 Å². The summed E-state index contributed by atoms with van der Waals surface area (Å²) in [5, 5.41) is 3.21. The van der Waals surface area contributed by atoms with Crippen LogP contribution in [0.1, 0.15) is 16.8 Å². The second-order valence-electron chi connectivity index (χ2n) is 4.40. The molecule has 0 fully saturated rings. The van der Waals surface area contributed by atoms with E-state index in [0.29, 0.717) is 18.5 Å². The van der Waals surface area contributed by atoms with Crippen molar-refractivity contribution in [2.24, 2.45) is 5.73 Å². The molecule has 19 heavy (non-hydrogen) atoms. The van der Waals surface area contributed by atoms with Gasteiger partial charge in [-0.3, -0.25) is 9.59 Å². The van der Waals surface area contributed by atoms with Crippen molar-refractivity contribution < 1.29 is 9.59 Å². The second kappa shape index (κ2) is 4.59. The lowest BCUT2D eigenvalue weighted by molar-refractivity contribution is -0.114. The Balaban J connectivity index is 2.00. The summed E-state index contributed by atoms with van der Waals surface area (Å²) in [6, 6.07) is 5.29. The average molecular weight is 272 g/mol. The third kappa shape index (κ3) is 2.17. The highest BCUT2D eigenvalue weighted by Crippen LogP contribution is 2.39. The summed E-state index contributed by atoms with van der Waals surface area (Å²) in [5.41, 5.74) is 7.40. The van der Waals surface area contributed by atoms with Crippen LogP contribution < -0.4 is 11.1 Å². The van der Waals surface area contributed by atoms with Crippen molar-refractivity contribution in [2.45, 2.75) is 11.3 Å². The molecule has 0 saturated heterocycles. The van der Waals surface area contributed by atoms with Crippen molar-refractivity contribution in [3.05, 3.63) is 46.4 Å². The topological polar surface area (TPSA) is 72.2 Å². The Morgan fingerprint density at radius 2 is 2.21 bits per heavy atom. The van der Waals surface area contributed by atoms with E-state index in [1.807, 2.05) is 18.2 Å². The number of nitrogens with two attached hydrogens (primary N) is 1. The van der Waals surface area contributed by atoms with Gasteiger partial charge in [0.1, 0.15) is 0 Å². The van der Waals surface area contributed by atoms with E-state index in [1.54, 1.807) is 23.9 Å². The number of thioether (sulfide) groups is 1. The minimum Gasteiger partial charge on any atom is -0.380 e. The maximum absolute atomic E-state index is 11.9. The Kier molecular flexibility index (Phi) is 2.91. The highest BCUT2D eigenvalue weighted by atomic mass is 32.2. The minimum atomic E-state index is -0.451. The van der Waals surface area contributed by atoms with Gasteiger partial charge in [-0.05, 0) is 18.2 Å². The first-order valence-corrected chi connectivity index (χ1v) is 6.75. The van der Waals surface area contributed by atoms with Crippen molar-refractivity contribution in [2.75, 3.05) is 11.9 Å². The molecule has 3 N–H and O–H groups in total. The van der Waals surface area contributed by atoms with E-state index in [2.05, 4.69) is 5.32 Å². The smallest absolute Gasteiger partial charge is 0.248 e. The van der Waals surface area contributed by atoms with Crippen LogP contribution in [0.4, 0.5) is 5.69 Å². The third-order valence-electron chi connectivity index (χ3n) is 3.15. The van der Waals surface area contributed by atoms with Crippen molar-refractivity contribution in [1.82, 2.24) is 0 Å². The van der Waals surface area contributed by atoms with E-state index in [-0.39, 0.29) is 5.78 Å². The van der Waals surface area contributed by atoms with Gasteiger partial charge in [-0.1, -0.05) is 23.9 Å². The Morgan fingerprint density at radius 3 is 3.00 bits per heavy atom. The zero-order valence-corrected chi connectivity index (χ0v) is 10.9. The van der Waals surface area contributed by atoms with Gasteiger partial charge < -0.3 is 11.1 Å². The first-order valence-electron chi connectivity index (χ1n) is 5.93. The second-order valence-corrected chi connectivity index (χ2v) is 5.49. The number of Topliss-reactive ketones (excluding diaryl/α,β-unsaturated/α-hetero) is 1. The van der Waals surface area contributed by atoms with Crippen LogP contribution in [-0.2, 0) is 4.79 Å². The number of rotatable bonds is 1. The molecule has 1 aliphatic carbocycles. The molecule has 1 aromatic rings. The van der Waals surface area contributed by atoms with Crippen molar-refractivity contribution >= 4 is 29.1 Å². The molecule has 3 rings (SSSR count). The fourth-order valence-electron chi connectivity index (χ4n) is 2.13. The van der Waals surface area contributed by atoms with Crippen LogP contribution in [0.2, 0.25) is 0 Å². The van der Waals surface area contributed by atoms with Gasteiger partial charge in [-0.25, -0.2) is 0 Å². The van der Waals surface area contributed by atoms with Gasteiger partial charge in [0, 0.05) is 39.6 Å². The normalized spacial score (nSPS) is 17.4. The molecular formula is C14H12N2O2S. The van der Waals surface area contributed by atoms with Gasteiger partial charge in [0.15, 0.2) is 5.78 Å². The number of hydrogen-bond donors (Lipinski definition) is 2. The van der Waals surface area contributed by atoms with E-state index < -0.39 is 5.91 Å². The highest BCUT2D eigenvalue weighted by molar-refractivity contribution is 8.03. The van der Waals surface area contributed by atoms with Gasteiger partial charge in [0.05, 0.1) is 0 Å². The number of carbonyl (C=O) groups is 2. The Hall–Kier alpha value is -2.01. The molecule has 1 aliphatic heterocycles. The maximum Gasteiger partial charge on any atom is 0.248 e. The standard InChI is InChI=1S/C14H12N2O2S/c15-14(18)8-4-5-13-10(6-8)16-7-9-11(17)2-1-3-12(9)19-13/h1,3-6,16H,2,7H2,(H2,15,18). The van der Waals surface area contributed by atoms with Crippen molar-refractivity contribution in [3.63, 3.8) is 0 Å². The van der Waals surface area contributed by atoms with Gasteiger partial charge in [0.2, 0.25) is 5.91 Å². The summed E-state index contributed by atoms with van der Waals surface area (Å²) in [6.07, 6.45) is 4.33. The first-order chi connectivity index (χ1) is 9.15. The number of amides is 1. The number of anilines is 1. The van der Waals surface area contributed by atoms with Crippen LogP contribution in [0, 0.1) is 0 Å². The van der Waals surface area contributed by atoms with Crippen LogP contribution in [-0.4, -0.2) is 18.2 Å². The monoisotopic (exact) mass is 272 g/mol. The highest BCUT2D eigenvalue weighted by Gasteiger charge is 2.22. The zero-order chi connectivity index (χ0) is 13.4. The largest absolute Gasteiger partial charge is 0.380 e. The number of allylic oxidation sites excluding steroid dienone is 2. The Bertz CT molecular complexity index is 647. The quantitative estimate of drug-likeness (QED) is 0.821. The summed E-state index contributed by atoms with van der Waals surface area (Å²) < 4.78 is 0. The van der Waals surface area contributed by atoms with E-state index in [1.165, 1.54) is 0 Å². The van der Waals surface area contributed by atoms with Crippen LogP contribution in [0.25, 0.3) is 0 Å². The number of hydrogen-bond acceptors (Lipinski definition) is 4. The first kappa shape index (κ1) is 12.0. The molecule has 2 aliphatic rings. The molecular weight excluding hydrogens is 260 g/mol. The Morgan fingerprint density at radius 1 is 1.37 bits per heavy atom. The van der Waals surface area contributed by atoms with E-state index >= 15 is 0 Å². The lowest BCUT2D eigenvalue weighted by Crippen LogP contribution is -2.15. The van der Waals surface area contributed by atoms with E-state index in [4.69, 9.17) is 5.73 Å². The third-order valence-corrected chi connectivity index (χ3v) is 4.32. The number of primary amides is 1. The van der Waals surface area contributed by atoms with Crippen LogP contribution in [0.15, 0.2) is 45.7 Å². The lowest BCUT2D eigenvalue weighted by Gasteiger charge is -2.10.